The number of anilines is 1. The van der Waals surface area contributed by atoms with Crippen LogP contribution in [0, 0.1) is 0 Å². The van der Waals surface area contributed by atoms with Gasteiger partial charge >= 0.3 is 6.09 Å². The molecule has 0 saturated carbocycles. The molecule has 0 N–H and O–H groups in total. The van der Waals surface area contributed by atoms with Gasteiger partial charge in [0.05, 0.1) is 13.2 Å². The normalized spacial score (nSPS) is 20.0. The summed E-state index contributed by atoms with van der Waals surface area (Å²) in [5.41, 5.74) is 0. The molecular formula is C10H11BrN2O3. The number of pyridine rings is 1. The number of methoxy groups -OCH3 is 1. The highest BCUT2D eigenvalue weighted by Crippen LogP contribution is 2.20. The summed E-state index contributed by atoms with van der Waals surface area (Å²) >= 11 is 3.29. The second-order valence-electron chi connectivity index (χ2n) is 3.41. The summed E-state index contributed by atoms with van der Waals surface area (Å²) in [7, 11) is 1.58. The molecule has 1 fully saturated rings. The number of amides is 1. The van der Waals surface area contributed by atoms with Gasteiger partial charge in [-0.1, -0.05) is 0 Å². The number of nitrogens with zero attached hydrogens (tertiary/aromatic N) is 2. The molecule has 1 saturated heterocycles. The fourth-order valence-electron chi connectivity index (χ4n) is 1.51. The zero-order chi connectivity index (χ0) is 11.5. The van der Waals surface area contributed by atoms with Crippen LogP contribution in [0.3, 0.4) is 0 Å². The largest absolute Gasteiger partial charge is 0.441 e. The minimum atomic E-state index is -0.378. The quantitative estimate of drug-likeness (QED) is 0.851. The third-order valence-electron chi connectivity index (χ3n) is 2.21. The van der Waals surface area contributed by atoms with Crippen molar-refractivity contribution >= 4 is 27.8 Å². The molecule has 0 spiro atoms. The predicted octanol–water partition coefficient (Wildman–Crippen LogP) is 1.82. The summed E-state index contributed by atoms with van der Waals surface area (Å²) in [4.78, 5) is 17.2. The van der Waals surface area contributed by atoms with Gasteiger partial charge in [-0.15, -0.1) is 0 Å². The van der Waals surface area contributed by atoms with E-state index in [1.165, 1.54) is 4.90 Å². The molecule has 0 radical (unpaired) electrons. The Morgan fingerprint density at radius 1 is 1.69 bits per heavy atom. The smallest absolute Gasteiger partial charge is 0.416 e. The SMILES string of the molecule is COC[C@@H]1CN(c2ccc(Br)cn2)C(=O)O1. The number of carbonyl (C=O) groups is 1. The molecule has 1 aromatic rings. The van der Waals surface area contributed by atoms with Crippen molar-refractivity contribution in [2.24, 2.45) is 0 Å². The van der Waals surface area contributed by atoms with Gasteiger partial charge in [-0.3, -0.25) is 4.90 Å². The van der Waals surface area contributed by atoms with Crippen LogP contribution < -0.4 is 4.90 Å². The lowest BCUT2D eigenvalue weighted by Crippen LogP contribution is -2.26. The zero-order valence-corrected chi connectivity index (χ0v) is 10.3. The first-order chi connectivity index (χ1) is 7.70. The van der Waals surface area contributed by atoms with Crippen LogP contribution in [0.5, 0.6) is 0 Å². The molecule has 2 heterocycles. The molecule has 1 aromatic heterocycles. The standard InChI is InChI=1S/C10H11BrN2O3/c1-15-6-8-5-13(10(14)16-8)9-3-2-7(11)4-12-9/h2-4,8H,5-6H2,1H3/t8-/m0/s1. The van der Waals surface area contributed by atoms with Crippen LogP contribution >= 0.6 is 15.9 Å². The molecule has 6 heteroatoms. The lowest BCUT2D eigenvalue weighted by molar-refractivity contribution is 0.0718. The van der Waals surface area contributed by atoms with Crippen LogP contribution in [0.4, 0.5) is 10.6 Å². The van der Waals surface area contributed by atoms with Crippen molar-refractivity contribution in [1.29, 1.82) is 0 Å². The Balaban J connectivity index is 2.10. The van der Waals surface area contributed by atoms with Crippen molar-refractivity contribution in [2.45, 2.75) is 6.10 Å². The first-order valence-corrected chi connectivity index (χ1v) is 5.58. The zero-order valence-electron chi connectivity index (χ0n) is 8.72. The molecule has 1 amide bonds. The topological polar surface area (TPSA) is 51.7 Å². The first kappa shape index (κ1) is 11.3. The average molecular weight is 287 g/mol. The molecule has 16 heavy (non-hydrogen) atoms. The molecule has 1 aliphatic rings. The van der Waals surface area contributed by atoms with Crippen molar-refractivity contribution in [3.63, 3.8) is 0 Å². The van der Waals surface area contributed by atoms with Crippen molar-refractivity contribution in [1.82, 2.24) is 4.98 Å². The summed E-state index contributed by atoms with van der Waals surface area (Å²) in [6.45, 7) is 0.875. The average Bonchev–Trinajstić information content (AvgIpc) is 2.61. The fraction of sp³-hybridized carbons (Fsp3) is 0.400. The number of hydrogen-bond acceptors (Lipinski definition) is 4. The third kappa shape index (κ3) is 2.33. The molecule has 1 atom stereocenters. The maximum absolute atomic E-state index is 11.5. The van der Waals surface area contributed by atoms with E-state index in [4.69, 9.17) is 9.47 Å². The Morgan fingerprint density at radius 2 is 2.50 bits per heavy atom. The van der Waals surface area contributed by atoms with E-state index in [-0.39, 0.29) is 12.2 Å². The van der Waals surface area contributed by atoms with E-state index >= 15 is 0 Å². The van der Waals surface area contributed by atoms with Gasteiger partial charge < -0.3 is 9.47 Å². The first-order valence-electron chi connectivity index (χ1n) is 4.79. The van der Waals surface area contributed by atoms with Gasteiger partial charge in [0, 0.05) is 17.8 Å². The van der Waals surface area contributed by atoms with Gasteiger partial charge in [-0.05, 0) is 28.1 Å². The Morgan fingerprint density at radius 3 is 3.12 bits per heavy atom. The predicted molar refractivity (Wildman–Crippen MR) is 61.4 cm³/mol. The summed E-state index contributed by atoms with van der Waals surface area (Å²) in [5.74, 6) is 0.590. The molecule has 5 nitrogen and oxygen atoms in total. The second-order valence-corrected chi connectivity index (χ2v) is 4.32. The van der Waals surface area contributed by atoms with E-state index in [2.05, 4.69) is 20.9 Å². The van der Waals surface area contributed by atoms with E-state index in [1.807, 2.05) is 6.07 Å². The number of hydrogen-bond donors (Lipinski definition) is 0. The highest BCUT2D eigenvalue weighted by Gasteiger charge is 2.32. The summed E-state index contributed by atoms with van der Waals surface area (Å²) in [6, 6.07) is 3.60. The van der Waals surface area contributed by atoms with Gasteiger partial charge in [0.2, 0.25) is 0 Å². The third-order valence-corrected chi connectivity index (χ3v) is 2.68. The summed E-state index contributed by atoms with van der Waals surface area (Å²) in [6.07, 6.45) is 1.05. The Bertz CT molecular complexity index is 382. The Kier molecular flexibility index (Phi) is 3.40. The molecule has 0 aromatic carbocycles. The van der Waals surface area contributed by atoms with Crippen molar-refractivity contribution < 1.29 is 14.3 Å². The highest BCUT2D eigenvalue weighted by atomic mass is 79.9. The summed E-state index contributed by atoms with van der Waals surface area (Å²) < 4.78 is 10.9. The Labute approximate surface area is 101 Å². The minimum absolute atomic E-state index is 0.219. The van der Waals surface area contributed by atoms with E-state index in [0.29, 0.717) is 19.0 Å². The van der Waals surface area contributed by atoms with Crippen LogP contribution in [0.15, 0.2) is 22.8 Å². The van der Waals surface area contributed by atoms with Crippen LogP contribution in [-0.2, 0) is 9.47 Å². The second kappa shape index (κ2) is 4.80. The van der Waals surface area contributed by atoms with Gasteiger partial charge in [0.25, 0.3) is 0 Å². The van der Waals surface area contributed by atoms with Gasteiger partial charge in [-0.2, -0.15) is 0 Å². The number of rotatable bonds is 3. The van der Waals surface area contributed by atoms with Crippen LogP contribution in [0.2, 0.25) is 0 Å². The van der Waals surface area contributed by atoms with Crippen molar-refractivity contribution in [2.75, 3.05) is 25.2 Å². The van der Waals surface area contributed by atoms with E-state index in [0.717, 1.165) is 4.47 Å². The van der Waals surface area contributed by atoms with Gasteiger partial charge in [0.1, 0.15) is 11.9 Å². The number of aromatic nitrogens is 1. The van der Waals surface area contributed by atoms with Gasteiger partial charge in [0.15, 0.2) is 0 Å². The Hall–Kier alpha value is -1.14. The van der Waals surface area contributed by atoms with Crippen molar-refractivity contribution in [3.05, 3.63) is 22.8 Å². The molecule has 0 aliphatic carbocycles. The van der Waals surface area contributed by atoms with E-state index < -0.39 is 0 Å². The summed E-state index contributed by atoms with van der Waals surface area (Å²) in [5, 5.41) is 0. The number of cyclic esters (lactones) is 1. The van der Waals surface area contributed by atoms with E-state index in [1.54, 1.807) is 19.4 Å². The lowest BCUT2D eigenvalue weighted by Gasteiger charge is -2.11. The molecule has 0 unspecified atom stereocenters. The van der Waals surface area contributed by atoms with Gasteiger partial charge in [-0.25, -0.2) is 9.78 Å². The number of carbonyl (C=O) groups excluding carboxylic acids is 1. The molecule has 86 valence electrons. The highest BCUT2D eigenvalue weighted by molar-refractivity contribution is 9.10. The van der Waals surface area contributed by atoms with Crippen molar-refractivity contribution in [3.8, 4) is 0 Å². The number of ether oxygens (including phenoxy) is 2. The lowest BCUT2D eigenvalue weighted by atomic mass is 10.3. The minimum Gasteiger partial charge on any atom is -0.441 e. The number of halogens is 1. The van der Waals surface area contributed by atoms with Crippen LogP contribution in [0.1, 0.15) is 0 Å². The van der Waals surface area contributed by atoms with E-state index in [9.17, 15) is 4.79 Å². The molecular weight excluding hydrogens is 276 g/mol. The molecule has 1 aliphatic heterocycles. The van der Waals surface area contributed by atoms with Crippen LogP contribution in [-0.4, -0.2) is 37.4 Å². The molecule has 0 bridgehead atoms. The monoisotopic (exact) mass is 286 g/mol. The fourth-order valence-corrected chi connectivity index (χ4v) is 1.74. The van der Waals surface area contributed by atoms with Crippen LogP contribution in [0.25, 0.3) is 0 Å². The maximum atomic E-state index is 11.5. The molecule has 2 rings (SSSR count). The maximum Gasteiger partial charge on any atom is 0.416 e.